The Hall–Kier alpha value is -2.66. The Balaban J connectivity index is 1.20. The van der Waals surface area contributed by atoms with Crippen LogP contribution in [0.5, 0.6) is 0 Å². The van der Waals surface area contributed by atoms with Crippen molar-refractivity contribution in [1.29, 1.82) is 0 Å². The number of nitrogens with zero attached hydrogens (tertiary/aromatic N) is 4. The first-order chi connectivity index (χ1) is 18.7. The van der Waals surface area contributed by atoms with Crippen LogP contribution in [0.25, 0.3) is 11.0 Å². The molecule has 208 valence electrons. The number of likely N-dealkylation sites (tertiary alicyclic amines) is 1. The fourth-order valence-electron chi connectivity index (χ4n) is 8.22. The summed E-state index contributed by atoms with van der Waals surface area (Å²) < 4.78 is 2.54. The number of amides is 1. The maximum atomic E-state index is 13.1. The number of hydrogen-bond acceptors (Lipinski definition) is 3. The zero-order valence-electron chi connectivity index (χ0n) is 24.6. The zero-order valence-corrected chi connectivity index (χ0v) is 24.6. The molecule has 3 aromatic rings. The van der Waals surface area contributed by atoms with Crippen LogP contribution in [-0.2, 0) is 10.2 Å². The van der Waals surface area contributed by atoms with Crippen LogP contribution in [0.1, 0.15) is 88.7 Å². The third-order valence-corrected chi connectivity index (χ3v) is 10.2. The van der Waals surface area contributed by atoms with Crippen molar-refractivity contribution in [3.63, 3.8) is 0 Å². The molecule has 0 N–H and O–H groups in total. The molecule has 1 amide bonds. The predicted octanol–water partition coefficient (Wildman–Crippen LogP) is 6.82. The van der Waals surface area contributed by atoms with Crippen molar-refractivity contribution in [2.45, 2.75) is 103 Å². The molecule has 1 unspecified atom stereocenters. The summed E-state index contributed by atoms with van der Waals surface area (Å²) in [4.78, 5) is 23.0. The van der Waals surface area contributed by atoms with E-state index in [2.05, 4.69) is 76.7 Å². The fraction of sp³-hybridized carbons (Fsp3) is 0.588. The van der Waals surface area contributed by atoms with Gasteiger partial charge >= 0.3 is 0 Å². The minimum absolute atomic E-state index is 0.146. The Morgan fingerprint density at radius 3 is 2.23 bits per heavy atom. The molecule has 6 rings (SSSR count). The van der Waals surface area contributed by atoms with Crippen LogP contribution in [0.4, 0.5) is 0 Å². The van der Waals surface area contributed by atoms with Gasteiger partial charge in [0.25, 0.3) is 0 Å². The summed E-state index contributed by atoms with van der Waals surface area (Å²) in [7, 11) is 0. The van der Waals surface area contributed by atoms with Gasteiger partial charge in [-0.1, -0.05) is 57.2 Å². The van der Waals surface area contributed by atoms with E-state index in [1.165, 1.54) is 48.7 Å². The summed E-state index contributed by atoms with van der Waals surface area (Å²) in [5, 5.41) is 0. The number of piperidine rings is 2. The third kappa shape index (κ3) is 4.81. The molecule has 4 heterocycles. The molecule has 5 nitrogen and oxygen atoms in total. The number of aromatic nitrogens is 2. The van der Waals surface area contributed by atoms with Crippen molar-refractivity contribution >= 4 is 16.9 Å². The normalized spacial score (nSPS) is 25.4. The topological polar surface area (TPSA) is 41.4 Å². The molecule has 3 saturated heterocycles. The number of imidazole rings is 1. The van der Waals surface area contributed by atoms with Gasteiger partial charge in [0.15, 0.2) is 0 Å². The van der Waals surface area contributed by atoms with Crippen molar-refractivity contribution < 1.29 is 4.79 Å². The monoisotopic (exact) mass is 526 g/mol. The summed E-state index contributed by atoms with van der Waals surface area (Å²) >= 11 is 0. The highest BCUT2D eigenvalue weighted by Crippen LogP contribution is 2.45. The molecule has 1 aromatic heterocycles. The van der Waals surface area contributed by atoms with E-state index in [1.807, 2.05) is 20.8 Å². The second-order valence-electron chi connectivity index (χ2n) is 13.7. The van der Waals surface area contributed by atoms with E-state index in [0.29, 0.717) is 24.0 Å². The van der Waals surface area contributed by atoms with Crippen LogP contribution in [0, 0.1) is 19.3 Å². The maximum absolute atomic E-state index is 13.1. The van der Waals surface area contributed by atoms with Gasteiger partial charge in [-0.05, 0) is 88.6 Å². The van der Waals surface area contributed by atoms with Crippen LogP contribution in [0.15, 0.2) is 48.5 Å². The summed E-state index contributed by atoms with van der Waals surface area (Å²) in [5.74, 6) is 1.45. The molecule has 0 saturated carbocycles. The van der Waals surface area contributed by atoms with Crippen LogP contribution >= 0.6 is 0 Å². The van der Waals surface area contributed by atoms with E-state index in [0.717, 1.165) is 43.8 Å². The molecule has 0 radical (unpaired) electrons. The number of rotatable bonds is 5. The first-order valence-electron chi connectivity index (χ1n) is 15.2. The number of fused-ring (bicyclic) bond motifs is 3. The highest BCUT2D eigenvalue weighted by molar-refractivity contribution is 5.81. The van der Waals surface area contributed by atoms with Crippen LogP contribution in [0.3, 0.4) is 0 Å². The molecular formula is C34H46N4O. The van der Waals surface area contributed by atoms with Gasteiger partial charge < -0.3 is 9.47 Å². The lowest BCUT2D eigenvalue weighted by atomic mass is 9.68. The molecule has 5 heteroatoms. The SMILES string of the molecule is Cc1ccccc1C1(CCN2[C@@H]3CC[C@H]2CC(n2c(C)nc4ccccc42)C3)CCN(C(=O)C(C)(C)C)CC1. The molecule has 3 aliphatic rings. The largest absolute Gasteiger partial charge is 0.342 e. The fourth-order valence-corrected chi connectivity index (χ4v) is 8.22. The smallest absolute Gasteiger partial charge is 0.227 e. The van der Waals surface area contributed by atoms with E-state index in [-0.39, 0.29) is 10.8 Å². The second kappa shape index (κ2) is 10.1. The Labute approximate surface area is 234 Å². The molecule has 0 aliphatic carbocycles. The molecule has 39 heavy (non-hydrogen) atoms. The number of carbonyl (C=O) groups is 1. The van der Waals surface area contributed by atoms with Gasteiger partial charge in [-0.3, -0.25) is 9.69 Å². The van der Waals surface area contributed by atoms with Crippen molar-refractivity contribution in [3.8, 4) is 0 Å². The van der Waals surface area contributed by atoms with Crippen LogP contribution in [0.2, 0.25) is 0 Å². The van der Waals surface area contributed by atoms with Crippen molar-refractivity contribution in [2.24, 2.45) is 5.41 Å². The number of carbonyl (C=O) groups excluding carboxylic acids is 1. The van der Waals surface area contributed by atoms with Gasteiger partial charge in [-0.25, -0.2) is 4.98 Å². The van der Waals surface area contributed by atoms with Gasteiger partial charge in [0.05, 0.1) is 11.0 Å². The number of para-hydroxylation sites is 2. The van der Waals surface area contributed by atoms with Crippen molar-refractivity contribution in [2.75, 3.05) is 19.6 Å². The van der Waals surface area contributed by atoms with Gasteiger partial charge in [0, 0.05) is 42.0 Å². The molecular weight excluding hydrogens is 480 g/mol. The minimum atomic E-state index is -0.314. The average Bonchev–Trinajstić information content (AvgIpc) is 3.37. The third-order valence-electron chi connectivity index (χ3n) is 10.2. The first kappa shape index (κ1) is 26.6. The average molecular weight is 527 g/mol. The molecule has 2 bridgehead atoms. The minimum Gasteiger partial charge on any atom is -0.342 e. The van der Waals surface area contributed by atoms with E-state index in [1.54, 1.807) is 0 Å². The second-order valence-corrected chi connectivity index (χ2v) is 13.7. The quantitative estimate of drug-likeness (QED) is 0.366. The van der Waals surface area contributed by atoms with Crippen LogP contribution < -0.4 is 0 Å². The lowest BCUT2D eigenvalue weighted by Crippen LogP contribution is -2.50. The molecule has 3 fully saturated rings. The van der Waals surface area contributed by atoms with E-state index < -0.39 is 0 Å². The summed E-state index contributed by atoms with van der Waals surface area (Å²) in [6.45, 7) is 13.5. The zero-order chi connectivity index (χ0) is 27.4. The number of benzene rings is 2. The lowest BCUT2D eigenvalue weighted by molar-refractivity contribution is -0.141. The summed E-state index contributed by atoms with van der Waals surface area (Å²) in [6, 6.07) is 19.5. The Morgan fingerprint density at radius 1 is 0.923 bits per heavy atom. The Kier molecular flexibility index (Phi) is 6.86. The highest BCUT2D eigenvalue weighted by atomic mass is 16.2. The highest BCUT2D eigenvalue weighted by Gasteiger charge is 2.45. The van der Waals surface area contributed by atoms with Gasteiger partial charge in [-0.2, -0.15) is 0 Å². The molecule has 2 aromatic carbocycles. The molecule has 3 aliphatic heterocycles. The lowest BCUT2D eigenvalue weighted by Gasteiger charge is -2.47. The maximum Gasteiger partial charge on any atom is 0.227 e. The van der Waals surface area contributed by atoms with E-state index in [4.69, 9.17) is 4.98 Å². The summed E-state index contributed by atoms with van der Waals surface area (Å²) in [5.41, 5.74) is 5.16. The van der Waals surface area contributed by atoms with E-state index in [9.17, 15) is 4.79 Å². The predicted molar refractivity (Wildman–Crippen MR) is 159 cm³/mol. The Morgan fingerprint density at radius 2 is 1.56 bits per heavy atom. The standard InChI is InChI=1S/C34H46N4O/c1-24-10-6-7-11-29(24)34(16-19-36(20-17-34)32(39)33(3,4)5)18-21-37-26-14-15-27(37)23-28(22-26)38-25(2)35-30-12-8-9-13-31(30)38/h6-13,26-28H,14-23H2,1-5H3/t26-,27+,28?. The number of hydrogen-bond donors (Lipinski definition) is 0. The van der Waals surface area contributed by atoms with Gasteiger partial charge in [-0.15, -0.1) is 0 Å². The summed E-state index contributed by atoms with van der Waals surface area (Å²) in [6.07, 6.45) is 8.39. The molecule has 3 atom stereocenters. The Bertz CT molecular complexity index is 1330. The number of aryl methyl sites for hydroxylation is 2. The van der Waals surface area contributed by atoms with Crippen molar-refractivity contribution in [1.82, 2.24) is 19.4 Å². The van der Waals surface area contributed by atoms with Gasteiger partial charge in [0.2, 0.25) is 5.91 Å². The van der Waals surface area contributed by atoms with Gasteiger partial charge in [0.1, 0.15) is 5.82 Å². The van der Waals surface area contributed by atoms with E-state index >= 15 is 0 Å². The van der Waals surface area contributed by atoms with Crippen molar-refractivity contribution in [3.05, 3.63) is 65.5 Å². The molecule has 0 spiro atoms. The first-order valence-corrected chi connectivity index (χ1v) is 15.2. The van der Waals surface area contributed by atoms with Crippen LogP contribution in [-0.4, -0.2) is 57.0 Å².